The Balaban J connectivity index is 2.32. The maximum absolute atomic E-state index is 11.8. The van der Waals surface area contributed by atoms with Crippen molar-refractivity contribution in [2.24, 2.45) is 0 Å². The van der Waals surface area contributed by atoms with Crippen molar-refractivity contribution in [2.45, 2.75) is 13.5 Å². The van der Waals surface area contributed by atoms with Crippen LogP contribution in [0.3, 0.4) is 0 Å². The van der Waals surface area contributed by atoms with Gasteiger partial charge in [-0.05, 0) is 19.1 Å². The van der Waals surface area contributed by atoms with Crippen molar-refractivity contribution in [1.82, 2.24) is 9.97 Å². The summed E-state index contributed by atoms with van der Waals surface area (Å²) in [4.78, 5) is 29.6. The molecule has 0 aliphatic carbocycles. The number of hydrogen-bond donors (Lipinski definition) is 2. The smallest absolute Gasteiger partial charge is 0.364 e. The molecule has 3 N–H and O–H groups in total. The number of nitrogens with two attached hydrogens (primary N) is 1. The summed E-state index contributed by atoms with van der Waals surface area (Å²) in [5.41, 5.74) is 4.36. The van der Waals surface area contributed by atoms with Crippen molar-refractivity contribution in [3.05, 3.63) is 40.0 Å². The summed E-state index contributed by atoms with van der Waals surface area (Å²) in [5, 5.41) is 13.8. The molecule has 0 atom stereocenters. The van der Waals surface area contributed by atoms with Gasteiger partial charge in [-0.2, -0.15) is 9.97 Å². The van der Waals surface area contributed by atoms with Gasteiger partial charge in [0.1, 0.15) is 5.76 Å². The largest absolute Gasteiger partial charge is 0.467 e. The van der Waals surface area contributed by atoms with Crippen LogP contribution in [0, 0.1) is 10.1 Å². The summed E-state index contributed by atoms with van der Waals surface area (Å²) in [7, 11) is 0. The highest BCUT2D eigenvalue weighted by atomic mass is 16.6. The average Bonchev–Trinajstić information content (AvgIpc) is 2.97. The fourth-order valence-corrected chi connectivity index (χ4v) is 1.65. The number of nitrogens with zero attached hydrogens (tertiary/aromatic N) is 3. The zero-order valence-electron chi connectivity index (χ0n) is 11.6. The van der Waals surface area contributed by atoms with Gasteiger partial charge in [-0.25, -0.2) is 4.79 Å². The summed E-state index contributed by atoms with van der Waals surface area (Å²) < 4.78 is 9.86. The SMILES string of the molecule is CCOC(=O)c1nc(NCc2ccco2)nc(N)c1[N+](=O)[O-]. The third-order valence-electron chi connectivity index (χ3n) is 2.56. The molecule has 0 bridgehead atoms. The second kappa shape index (κ2) is 6.52. The van der Waals surface area contributed by atoms with Crippen LogP contribution in [0.1, 0.15) is 23.2 Å². The van der Waals surface area contributed by atoms with Crippen molar-refractivity contribution >= 4 is 23.4 Å². The lowest BCUT2D eigenvalue weighted by atomic mass is 10.3. The van der Waals surface area contributed by atoms with Crippen LogP contribution in [0.4, 0.5) is 17.5 Å². The highest BCUT2D eigenvalue weighted by Crippen LogP contribution is 2.25. The second-order valence-electron chi connectivity index (χ2n) is 4.04. The Bertz CT molecular complexity index is 685. The molecule has 0 radical (unpaired) electrons. The number of anilines is 2. The number of ether oxygens (including phenoxy) is 1. The van der Waals surface area contributed by atoms with Gasteiger partial charge in [-0.3, -0.25) is 10.1 Å². The Labute approximate surface area is 124 Å². The van der Waals surface area contributed by atoms with Crippen LogP contribution in [0.15, 0.2) is 22.8 Å². The van der Waals surface area contributed by atoms with E-state index in [2.05, 4.69) is 15.3 Å². The van der Waals surface area contributed by atoms with Crippen molar-refractivity contribution in [3.8, 4) is 0 Å². The first kappa shape index (κ1) is 15.2. The molecule has 2 aromatic heterocycles. The Morgan fingerprint density at radius 3 is 2.91 bits per heavy atom. The molecule has 10 nitrogen and oxygen atoms in total. The molecule has 0 amide bonds. The molecular weight excluding hydrogens is 294 g/mol. The summed E-state index contributed by atoms with van der Waals surface area (Å²) >= 11 is 0. The zero-order valence-corrected chi connectivity index (χ0v) is 11.6. The highest BCUT2D eigenvalue weighted by molar-refractivity contribution is 5.94. The van der Waals surface area contributed by atoms with Gasteiger partial charge in [0.2, 0.25) is 17.5 Å². The minimum atomic E-state index is -0.940. The highest BCUT2D eigenvalue weighted by Gasteiger charge is 2.29. The van der Waals surface area contributed by atoms with E-state index in [4.69, 9.17) is 14.9 Å². The fraction of sp³-hybridized carbons (Fsp3) is 0.250. The molecule has 10 heteroatoms. The number of nitro groups is 1. The van der Waals surface area contributed by atoms with Crippen LogP contribution in [0.2, 0.25) is 0 Å². The van der Waals surface area contributed by atoms with Crippen molar-refractivity contribution in [2.75, 3.05) is 17.7 Å². The number of nitrogens with one attached hydrogen (secondary N) is 1. The van der Waals surface area contributed by atoms with Crippen LogP contribution in [0.25, 0.3) is 0 Å². The van der Waals surface area contributed by atoms with Crippen molar-refractivity contribution in [3.63, 3.8) is 0 Å². The Hall–Kier alpha value is -3.17. The predicted octanol–water partition coefficient (Wildman–Crippen LogP) is 1.35. The van der Waals surface area contributed by atoms with Gasteiger partial charge in [0, 0.05) is 0 Å². The molecule has 0 aliphatic rings. The molecule has 2 aromatic rings. The predicted molar refractivity (Wildman–Crippen MR) is 75.1 cm³/mol. The first-order valence-corrected chi connectivity index (χ1v) is 6.28. The molecule has 2 heterocycles. The molecule has 116 valence electrons. The molecule has 0 fully saturated rings. The van der Waals surface area contributed by atoms with Gasteiger partial charge >= 0.3 is 11.7 Å². The molecule has 22 heavy (non-hydrogen) atoms. The van der Waals surface area contributed by atoms with Crippen LogP contribution < -0.4 is 11.1 Å². The number of carbonyl (C=O) groups is 1. The van der Waals surface area contributed by atoms with Gasteiger partial charge in [0.15, 0.2) is 0 Å². The Kier molecular flexibility index (Phi) is 4.51. The lowest BCUT2D eigenvalue weighted by Gasteiger charge is -2.07. The van der Waals surface area contributed by atoms with E-state index >= 15 is 0 Å². The second-order valence-corrected chi connectivity index (χ2v) is 4.04. The summed E-state index contributed by atoms with van der Waals surface area (Å²) in [5.74, 6) is -0.810. The molecule has 0 aromatic carbocycles. The first-order valence-electron chi connectivity index (χ1n) is 6.28. The minimum absolute atomic E-state index is 0.0393. The maximum atomic E-state index is 11.8. The van der Waals surface area contributed by atoms with E-state index in [0.29, 0.717) is 5.76 Å². The monoisotopic (exact) mass is 307 g/mol. The third-order valence-corrected chi connectivity index (χ3v) is 2.56. The minimum Gasteiger partial charge on any atom is -0.467 e. The van der Waals surface area contributed by atoms with Crippen LogP contribution in [-0.4, -0.2) is 27.5 Å². The van der Waals surface area contributed by atoms with Gasteiger partial charge in [-0.15, -0.1) is 0 Å². The normalized spacial score (nSPS) is 10.2. The summed E-state index contributed by atoms with van der Waals surface area (Å²) in [6.45, 7) is 1.85. The Morgan fingerprint density at radius 2 is 2.32 bits per heavy atom. The van der Waals surface area contributed by atoms with E-state index in [1.54, 1.807) is 19.1 Å². The van der Waals surface area contributed by atoms with Crippen LogP contribution >= 0.6 is 0 Å². The first-order chi connectivity index (χ1) is 10.5. The quantitative estimate of drug-likeness (QED) is 0.458. The molecule has 0 spiro atoms. The number of furan rings is 1. The van der Waals surface area contributed by atoms with E-state index in [1.165, 1.54) is 6.26 Å². The number of carbonyl (C=O) groups excluding carboxylic acids is 1. The number of esters is 1. The van der Waals surface area contributed by atoms with E-state index in [-0.39, 0.29) is 19.1 Å². The standard InChI is InChI=1S/C12H13N5O5/c1-2-21-11(18)8-9(17(19)20)10(13)16-12(15-8)14-6-7-4-3-5-22-7/h3-5H,2,6H2,1H3,(H3,13,14,15,16). The average molecular weight is 307 g/mol. The van der Waals surface area contributed by atoms with E-state index in [0.717, 1.165) is 0 Å². The fourth-order valence-electron chi connectivity index (χ4n) is 1.65. The summed E-state index contributed by atoms with van der Waals surface area (Å²) in [6.07, 6.45) is 1.49. The van der Waals surface area contributed by atoms with Crippen molar-refractivity contribution in [1.29, 1.82) is 0 Å². The van der Waals surface area contributed by atoms with Gasteiger partial charge in [0.05, 0.1) is 24.3 Å². The lowest BCUT2D eigenvalue weighted by Crippen LogP contribution is -2.16. The molecule has 0 unspecified atom stereocenters. The third kappa shape index (κ3) is 3.29. The van der Waals surface area contributed by atoms with Crippen LogP contribution in [-0.2, 0) is 11.3 Å². The van der Waals surface area contributed by atoms with Gasteiger partial charge in [0.25, 0.3) is 0 Å². The van der Waals surface area contributed by atoms with E-state index < -0.39 is 28.1 Å². The number of aromatic nitrogens is 2. The van der Waals surface area contributed by atoms with E-state index in [9.17, 15) is 14.9 Å². The molecule has 0 aliphatic heterocycles. The number of hydrogen-bond acceptors (Lipinski definition) is 9. The van der Waals surface area contributed by atoms with E-state index in [1.807, 2.05) is 0 Å². The number of rotatable bonds is 6. The lowest BCUT2D eigenvalue weighted by molar-refractivity contribution is -0.384. The molecule has 0 saturated heterocycles. The zero-order chi connectivity index (χ0) is 16.1. The summed E-state index contributed by atoms with van der Waals surface area (Å²) in [6, 6.07) is 3.42. The van der Waals surface area contributed by atoms with Gasteiger partial charge in [-0.1, -0.05) is 0 Å². The molecule has 2 rings (SSSR count). The molecule has 0 saturated carbocycles. The number of nitrogen functional groups attached to an aromatic ring is 1. The maximum Gasteiger partial charge on any atom is 0.364 e. The van der Waals surface area contributed by atoms with Crippen molar-refractivity contribution < 1.29 is 18.9 Å². The Morgan fingerprint density at radius 1 is 1.55 bits per heavy atom. The van der Waals surface area contributed by atoms with Gasteiger partial charge < -0.3 is 20.2 Å². The topological polar surface area (TPSA) is 146 Å². The van der Waals surface area contributed by atoms with Crippen LogP contribution in [0.5, 0.6) is 0 Å². The molecular formula is C12H13N5O5.